The third kappa shape index (κ3) is 4.49. The monoisotopic (exact) mass is 379 g/mol. The van der Waals surface area contributed by atoms with E-state index in [1.54, 1.807) is 25.3 Å². The van der Waals surface area contributed by atoms with E-state index in [2.05, 4.69) is 15.5 Å². The predicted octanol–water partition coefficient (Wildman–Crippen LogP) is 4.13. The number of carbonyl (C=O) groups excluding carboxylic acids is 1. The summed E-state index contributed by atoms with van der Waals surface area (Å²) in [5.41, 5.74) is 0.733. The minimum absolute atomic E-state index is 0.275. The molecule has 1 heterocycles. The van der Waals surface area contributed by atoms with Gasteiger partial charge in [0.2, 0.25) is 11.0 Å². The molecule has 1 amide bonds. The molecule has 1 fully saturated rings. The normalized spacial score (nSPS) is 13.9. The second-order valence-electron chi connectivity index (χ2n) is 5.51. The summed E-state index contributed by atoms with van der Waals surface area (Å²) in [6.07, 6.45) is 5.39. The molecule has 0 atom stereocenters. The Morgan fingerprint density at radius 1 is 1.44 bits per heavy atom. The Hall–Kier alpha value is -2.12. The van der Waals surface area contributed by atoms with Gasteiger partial charge in [0.1, 0.15) is 5.01 Å². The Morgan fingerprint density at radius 3 is 2.92 bits per heavy atom. The van der Waals surface area contributed by atoms with E-state index in [-0.39, 0.29) is 5.91 Å². The first-order valence-electron chi connectivity index (χ1n) is 7.93. The number of carbonyl (C=O) groups is 1. The maximum absolute atomic E-state index is 12.0. The van der Waals surface area contributed by atoms with Crippen molar-refractivity contribution in [1.29, 1.82) is 0 Å². The number of hydrogen-bond acceptors (Lipinski definition) is 6. The van der Waals surface area contributed by atoms with E-state index in [4.69, 9.17) is 21.1 Å². The summed E-state index contributed by atoms with van der Waals surface area (Å²) < 4.78 is 10.8. The lowest BCUT2D eigenvalue weighted by atomic mass is 10.2. The molecular weight excluding hydrogens is 362 g/mol. The zero-order valence-electron chi connectivity index (χ0n) is 13.9. The van der Waals surface area contributed by atoms with Gasteiger partial charge in [0, 0.05) is 12.0 Å². The van der Waals surface area contributed by atoms with Crippen LogP contribution in [0.5, 0.6) is 11.5 Å². The van der Waals surface area contributed by atoms with Crippen LogP contribution in [0.3, 0.4) is 0 Å². The molecule has 0 saturated heterocycles. The molecule has 1 N–H and O–H groups in total. The average molecular weight is 380 g/mol. The molecule has 0 bridgehead atoms. The molecule has 2 aromatic rings. The first kappa shape index (κ1) is 17.7. The van der Waals surface area contributed by atoms with Gasteiger partial charge in [-0.3, -0.25) is 10.1 Å². The molecule has 0 unspecified atom stereocenters. The van der Waals surface area contributed by atoms with Crippen molar-refractivity contribution >= 4 is 40.1 Å². The van der Waals surface area contributed by atoms with Crippen LogP contribution in [0.4, 0.5) is 5.13 Å². The van der Waals surface area contributed by atoms with Crippen LogP contribution in [0, 0.1) is 0 Å². The molecule has 25 heavy (non-hydrogen) atoms. The first-order chi connectivity index (χ1) is 12.1. The SMILES string of the molecule is CCOc1c(Cl)cc(C=CC(=O)Nc2nnc(C3CC3)s2)cc1OC. The van der Waals surface area contributed by atoms with Crippen LogP contribution in [0.15, 0.2) is 18.2 Å². The molecular formula is C17H18ClN3O3S. The maximum atomic E-state index is 12.0. The van der Waals surface area contributed by atoms with Gasteiger partial charge < -0.3 is 9.47 Å². The molecule has 8 heteroatoms. The van der Waals surface area contributed by atoms with E-state index in [9.17, 15) is 4.79 Å². The van der Waals surface area contributed by atoms with E-state index in [1.807, 2.05) is 6.92 Å². The van der Waals surface area contributed by atoms with Crippen molar-refractivity contribution in [2.75, 3.05) is 19.0 Å². The number of nitrogens with zero attached hydrogens (tertiary/aromatic N) is 2. The van der Waals surface area contributed by atoms with E-state index in [0.717, 1.165) is 23.4 Å². The molecule has 0 spiro atoms. The molecule has 0 radical (unpaired) electrons. The summed E-state index contributed by atoms with van der Waals surface area (Å²) in [4.78, 5) is 12.0. The third-order valence-electron chi connectivity index (χ3n) is 3.56. The highest BCUT2D eigenvalue weighted by molar-refractivity contribution is 7.15. The Kier molecular flexibility index (Phi) is 5.55. The van der Waals surface area contributed by atoms with Crippen LogP contribution < -0.4 is 14.8 Å². The third-order valence-corrected chi connectivity index (χ3v) is 4.85. The van der Waals surface area contributed by atoms with Crippen molar-refractivity contribution in [3.8, 4) is 11.5 Å². The standard InChI is InChI=1S/C17H18ClN3O3S/c1-3-24-15-12(18)8-10(9-13(15)23-2)4-7-14(22)19-17-21-20-16(25-17)11-5-6-11/h4,7-9,11H,3,5-6H2,1-2H3,(H,19,21,22). The minimum Gasteiger partial charge on any atom is -0.493 e. The summed E-state index contributed by atoms with van der Waals surface area (Å²) in [5.74, 6) is 1.27. The van der Waals surface area contributed by atoms with Gasteiger partial charge in [-0.15, -0.1) is 10.2 Å². The summed E-state index contributed by atoms with van der Waals surface area (Å²) in [5, 5.41) is 12.7. The van der Waals surface area contributed by atoms with Crippen molar-refractivity contribution in [3.05, 3.63) is 33.8 Å². The fraction of sp³-hybridized carbons (Fsp3) is 0.353. The van der Waals surface area contributed by atoms with E-state index >= 15 is 0 Å². The van der Waals surface area contributed by atoms with Crippen LogP contribution in [0.1, 0.15) is 36.3 Å². The molecule has 0 aliphatic heterocycles. The molecule has 3 rings (SSSR count). The van der Waals surface area contributed by atoms with Gasteiger partial charge in [-0.2, -0.15) is 0 Å². The number of aromatic nitrogens is 2. The highest BCUT2D eigenvalue weighted by atomic mass is 35.5. The maximum Gasteiger partial charge on any atom is 0.250 e. The Morgan fingerprint density at radius 2 is 2.24 bits per heavy atom. The quantitative estimate of drug-likeness (QED) is 0.732. The summed E-state index contributed by atoms with van der Waals surface area (Å²) in [6.45, 7) is 2.36. The second-order valence-corrected chi connectivity index (χ2v) is 6.93. The van der Waals surface area contributed by atoms with Crippen molar-refractivity contribution in [2.24, 2.45) is 0 Å². The molecule has 1 aliphatic rings. The number of halogens is 1. The van der Waals surface area contributed by atoms with Crippen molar-refractivity contribution < 1.29 is 14.3 Å². The van der Waals surface area contributed by atoms with Crippen molar-refractivity contribution in [1.82, 2.24) is 10.2 Å². The van der Waals surface area contributed by atoms with Crippen LogP contribution >= 0.6 is 22.9 Å². The topological polar surface area (TPSA) is 73.3 Å². The van der Waals surface area contributed by atoms with Gasteiger partial charge in [-0.25, -0.2) is 0 Å². The lowest BCUT2D eigenvalue weighted by molar-refractivity contribution is -0.111. The fourth-order valence-corrected chi connectivity index (χ4v) is 3.41. The van der Waals surface area contributed by atoms with Crippen LogP contribution in [-0.2, 0) is 4.79 Å². The number of ether oxygens (including phenoxy) is 2. The number of nitrogens with one attached hydrogen (secondary N) is 1. The van der Waals surface area contributed by atoms with Gasteiger partial charge >= 0.3 is 0 Å². The number of methoxy groups -OCH3 is 1. The minimum atomic E-state index is -0.275. The van der Waals surface area contributed by atoms with E-state index < -0.39 is 0 Å². The molecule has 132 valence electrons. The number of hydrogen-bond donors (Lipinski definition) is 1. The molecule has 1 aromatic heterocycles. The average Bonchev–Trinajstić information content (AvgIpc) is 3.35. The first-order valence-corrected chi connectivity index (χ1v) is 9.13. The number of benzene rings is 1. The molecule has 1 saturated carbocycles. The Balaban J connectivity index is 1.67. The molecule has 1 aromatic carbocycles. The Labute approximate surface area is 154 Å². The molecule has 1 aliphatic carbocycles. The number of anilines is 1. The van der Waals surface area contributed by atoms with Crippen LogP contribution in [0.25, 0.3) is 6.08 Å². The summed E-state index contributed by atoms with van der Waals surface area (Å²) in [7, 11) is 1.54. The van der Waals surface area contributed by atoms with E-state index in [1.165, 1.54) is 17.4 Å². The predicted molar refractivity (Wildman–Crippen MR) is 98.7 cm³/mol. The van der Waals surface area contributed by atoms with Gasteiger partial charge in [0.15, 0.2) is 11.5 Å². The second kappa shape index (κ2) is 7.84. The lowest BCUT2D eigenvalue weighted by Gasteiger charge is -2.11. The van der Waals surface area contributed by atoms with Gasteiger partial charge in [0.25, 0.3) is 0 Å². The van der Waals surface area contributed by atoms with Crippen LogP contribution in [-0.4, -0.2) is 29.8 Å². The highest BCUT2D eigenvalue weighted by Gasteiger charge is 2.27. The summed E-state index contributed by atoms with van der Waals surface area (Å²) >= 11 is 7.64. The van der Waals surface area contributed by atoms with Gasteiger partial charge in [0.05, 0.1) is 18.7 Å². The van der Waals surface area contributed by atoms with E-state index in [0.29, 0.717) is 34.2 Å². The largest absolute Gasteiger partial charge is 0.493 e. The van der Waals surface area contributed by atoms with Crippen molar-refractivity contribution in [2.45, 2.75) is 25.7 Å². The van der Waals surface area contributed by atoms with Crippen LogP contribution in [0.2, 0.25) is 5.02 Å². The zero-order chi connectivity index (χ0) is 17.8. The summed E-state index contributed by atoms with van der Waals surface area (Å²) in [6, 6.07) is 3.48. The van der Waals surface area contributed by atoms with Crippen molar-refractivity contribution in [3.63, 3.8) is 0 Å². The zero-order valence-corrected chi connectivity index (χ0v) is 15.5. The Bertz CT molecular complexity index is 802. The highest BCUT2D eigenvalue weighted by Crippen LogP contribution is 2.42. The molecule has 6 nitrogen and oxygen atoms in total. The fourth-order valence-electron chi connectivity index (χ4n) is 2.22. The number of rotatable bonds is 7. The lowest BCUT2D eigenvalue weighted by Crippen LogP contribution is -2.07. The smallest absolute Gasteiger partial charge is 0.250 e. The number of amides is 1. The van der Waals surface area contributed by atoms with Gasteiger partial charge in [-0.05, 0) is 43.5 Å². The van der Waals surface area contributed by atoms with Gasteiger partial charge in [-0.1, -0.05) is 22.9 Å².